The van der Waals surface area contributed by atoms with E-state index in [0.29, 0.717) is 5.92 Å². The zero-order valence-corrected chi connectivity index (χ0v) is 37.5. The molecule has 64 heavy (non-hydrogen) atoms. The first kappa shape index (κ1) is 39.0. The molecular weight excluding hydrogens is 791 g/mol. The van der Waals surface area contributed by atoms with Crippen molar-refractivity contribution in [2.45, 2.75) is 70.4 Å². The highest BCUT2D eigenvalue weighted by atomic mass is 32.3. The van der Waals surface area contributed by atoms with E-state index in [1.165, 1.54) is 106 Å². The lowest BCUT2D eigenvalue weighted by Gasteiger charge is -2.42. The van der Waals surface area contributed by atoms with Gasteiger partial charge in [0.15, 0.2) is 0 Å². The van der Waals surface area contributed by atoms with E-state index < -0.39 is 10.0 Å². The Balaban J connectivity index is 1.01. The minimum Gasteiger partial charge on any atom is -0.310 e. The van der Waals surface area contributed by atoms with Gasteiger partial charge in [-0.25, -0.2) is 0 Å². The zero-order valence-electron chi connectivity index (χ0n) is 36.7. The summed E-state index contributed by atoms with van der Waals surface area (Å²) >= 11 is 0. The number of fused-ring (bicyclic) bond motifs is 6. The molecule has 0 amide bonds. The molecule has 0 radical (unpaired) electrons. The van der Waals surface area contributed by atoms with Crippen LogP contribution < -0.4 is 4.90 Å². The van der Waals surface area contributed by atoms with Crippen LogP contribution in [0, 0.1) is 11.8 Å². The molecule has 2 bridgehead atoms. The van der Waals surface area contributed by atoms with E-state index in [1.54, 1.807) is 0 Å². The smallest absolute Gasteiger partial charge is 0.0465 e. The first-order chi connectivity index (χ1) is 31.5. The highest BCUT2D eigenvalue weighted by Crippen LogP contribution is 2.73. The molecule has 2 saturated carbocycles. The third-order valence-electron chi connectivity index (χ3n) is 15.1. The van der Waals surface area contributed by atoms with Gasteiger partial charge in [0, 0.05) is 42.1 Å². The van der Waals surface area contributed by atoms with Crippen LogP contribution in [0.1, 0.15) is 62.1 Å². The molecule has 12 rings (SSSR count). The van der Waals surface area contributed by atoms with Gasteiger partial charge < -0.3 is 4.90 Å². The lowest BCUT2D eigenvalue weighted by Crippen LogP contribution is -2.16. The third-order valence-corrected chi connectivity index (χ3v) is 19.0. The summed E-state index contributed by atoms with van der Waals surface area (Å²) in [4.78, 5) is 7.81. The molecule has 0 spiro atoms. The average molecular weight is 844 g/mol. The van der Waals surface area contributed by atoms with Crippen molar-refractivity contribution < 1.29 is 0 Å². The predicted octanol–water partition coefficient (Wildman–Crippen LogP) is 17.5. The van der Waals surface area contributed by atoms with Gasteiger partial charge in [0.1, 0.15) is 0 Å². The summed E-state index contributed by atoms with van der Waals surface area (Å²) in [5, 5.41) is 2.57. The van der Waals surface area contributed by atoms with E-state index >= 15 is 0 Å². The molecule has 3 unspecified atom stereocenters. The zero-order chi connectivity index (χ0) is 42.8. The molecular formula is C62H53NS. The fourth-order valence-corrected chi connectivity index (χ4v) is 15.9. The summed E-state index contributed by atoms with van der Waals surface area (Å²) in [6.45, 7) is 4.83. The lowest BCUT2D eigenvalue weighted by atomic mass is 9.81. The normalized spacial score (nSPS) is 18.4. The Kier molecular flexibility index (Phi) is 9.50. The van der Waals surface area contributed by atoms with Crippen molar-refractivity contribution in [2.24, 2.45) is 11.8 Å². The van der Waals surface area contributed by atoms with E-state index in [9.17, 15) is 0 Å². The Labute approximate surface area is 380 Å². The Morgan fingerprint density at radius 1 is 0.438 bits per heavy atom. The van der Waals surface area contributed by atoms with Crippen LogP contribution in [0.5, 0.6) is 0 Å². The Morgan fingerprint density at radius 3 is 1.61 bits per heavy atom. The summed E-state index contributed by atoms with van der Waals surface area (Å²) in [7, 11) is -1.82. The average Bonchev–Trinajstić information content (AvgIpc) is 4.06. The molecule has 0 N–H and O–H groups in total. The standard InChI is InChI=1S/C62H53NS/c1-62(2)59-27-15-26-56(55-25-14-17-44-16-12-13-24-54(44)55)61(59)57-39-36-49(42-60(57)62)63(47-32-30-45(31-33-47)58-41-43-28-29-46(58)40-43)48-34-37-53(38-35-48)64(50-18-6-3-7-19-50,51-20-8-4-9-21-51)52-22-10-5-11-23-52/h3-27,30-39,42-43,46,58H,28-29,40-41H2,1-2H3. The van der Waals surface area contributed by atoms with E-state index in [4.69, 9.17) is 0 Å². The molecule has 9 aromatic carbocycles. The summed E-state index contributed by atoms with van der Waals surface area (Å²) in [6, 6.07) is 82.5. The number of benzene rings is 9. The van der Waals surface area contributed by atoms with Gasteiger partial charge in [-0.05, 0) is 172 Å². The van der Waals surface area contributed by atoms with E-state index in [0.717, 1.165) is 17.5 Å². The second-order valence-electron chi connectivity index (χ2n) is 18.9. The van der Waals surface area contributed by atoms with Crippen molar-refractivity contribution in [2.75, 3.05) is 4.90 Å². The quantitative estimate of drug-likeness (QED) is 0.140. The van der Waals surface area contributed by atoms with Crippen molar-refractivity contribution in [1.29, 1.82) is 0 Å². The summed E-state index contributed by atoms with van der Waals surface area (Å²) < 4.78 is 0. The second-order valence-corrected chi connectivity index (χ2v) is 22.0. The van der Waals surface area contributed by atoms with Crippen LogP contribution in [0.4, 0.5) is 17.1 Å². The van der Waals surface area contributed by atoms with Crippen LogP contribution >= 0.6 is 10.0 Å². The van der Waals surface area contributed by atoms with Gasteiger partial charge in [-0.15, -0.1) is 10.0 Å². The fraction of sp³-hybridized carbons (Fsp3) is 0.161. The van der Waals surface area contributed by atoms with Gasteiger partial charge in [-0.2, -0.15) is 0 Å². The lowest BCUT2D eigenvalue weighted by molar-refractivity contribution is 0.420. The van der Waals surface area contributed by atoms with E-state index in [1.807, 2.05) is 0 Å². The summed E-state index contributed by atoms with van der Waals surface area (Å²) in [5.74, 6) is 2.46. The first-order valence-corrected chi connectivity index (χ1v) is 24.9. The van der Waals surface area contributed by atoms with Crippen LogP contribution in [0.15, 0.2) is 238 Å². The van der Waals surface area contributed by atoms with Crippen LogP contribution in [0.2, 0.25) is 0 Å². The largest absolute Gasteiger partial charge is 0.310 e. The monoisotopic (exact) mass is 843 g/mol. The molecule has 9 aromatic rings. The molecule has 3 aliphatic rings. The molecule has 3 aliphatic carbocycles. The summed E-state index contributed by atoms with van der Waals surface area (Å²) in [6.07, 6.45) is 5.58. The van der Waals surface area contributed by atoms with Crippen molar-refractivity contribution in [3.63, 3.8) is 0 Å². The molecule has 0 aliphatic heterocycles. The Bertz CT molecular complexity index is 3030. The molecule has 0 aromatic heterocycles. The van der Waals surface area contributed by atoms with Gasteiger partial charge in [-0.3, -0.25) is 0 Å². The van der Waals surface area contributed by atoms with Gasteiger partial charge in [0.25, 0.3) is 0 Å². The number of rotatable bonds is 9. The van der Waals surface area contributed by atoms with Crippen LogP contribution in [-0.2, 0) is 5.41 Å². The van der Waals surface area contributed by atoms with Gasteiger partial charge >= 0.3 is 0 Å². The number of anilines is 3. The van der Waals surface area contributed by atoms with Gasteiger partial charge in [0.2, 0.25) is 0 Å². The fourth-order valence-electron chi connectivity index (χ4n) is 12.1. The van der Waals surface area contributed by atoms with Crippen LogP contribution in [0.25, 0.3) is 33.0 Å². The van der Waals surface area contributed by atoms with Gasteiger partial charge in [0.05, 0.1) is 0 Å². The van der Waals surface area contributed by atoms with Crippen molar-refractivity contribution in [1.82, 2.24) is 0 Å². The third kappa shape index (κ3) is 6.21. The van der Waals surface area contributed by atoms with Crippen molar-refractivity contribution >= 4 is 37.9 Å². The number of hydrogen-bond donors (Lipinski definition) is 0. The molecule has 0 saturated heterocycles. The number of hydrogen-bond acceptors (Lipinski definition) is 1. The molecule has 3 atom stereocenters. The maximum atomic E-state index is 2.50. The van der Waals surface area contributed by atoms with E-state index in [2.05, 4.69) is 237 Å². The number of nitrogens with zero attached hydrogens (tertiary/aromatic N) is 1. The molecule has 2 fully saturated rings. The first-order valence-electron chi connectivity index (χ1n) is 23.2. The topological polar surface area (TPSA) is 3.24 Å². The highest BCUT2D eigenvalue weighted by molar-refractivity contribution is 8.34. The summed E-state index contributed by atoms with van der Waals surface area (Å²) in [5.41, 5.74) is 12.9. The second kappa shape index (κ2) is 15.6. The maximum absolute atomic E-state index is 2.50. The predicted molar refractivity (Wildman–Crippen MR) is 270 cm³/mol. The minimum absolute atomic E-state index is 0.188. The van der Waals surface area contributed by atoms with Crippen LogP contribution in [0.3, 0.4) is 0 Å². The Morgan fingerprint density at radius 2 is 0.984 bits per heavy atom. The molecule has 312 valence electrons. The minimum atomic E-state index is -1.82. The van der Waals surface area contributed by atoms with Crippen LogP contribution in [-0.4, -0.2) is 0 Å². The molecule has 0 heterocycles. The van der Waals surface area contributed by atoms with E-state index in [-0.39, 0.29) is 5.41 Å². The SMILES string of the molecule is CC1(C)c2cc(N(c3ccc(C4CC5CCC4C5)cc3)c3ccc(S(c4ccccc4)(c4ccccc4)c4ccccc4)cc3)ccc2-c2c(-c3cccc4ccccc34)cccc21. The molecule has 2 heteroatoms. The van der Waals surface area contributed by atoms with Crippen molar-refractivity contribution in [3.05, 3.63) is 235 Å². The maximum Gasteiger partial charge on any atom is 0.0465 e. The van der Waals surface area contributed by atoms with Crippen molar-refractivity contribution in [3.8, 4) is 22.3 Å². The highest BCUT2D eigenvalue weighted by Gasteiger charge is 2.41. The van der Waals surface area contributed by atoms with Gasteiger partial charge in [-0.1, -0.05) is 154 Å². The Hall–Kier alpha value is -6.61. The molecule has 1 nitrogen and oxygen atoms in total.